The highest BCUT2D eigenvalue weighted by molar-refractivity contribution is 5.74. The fourth-order valence-corrected chi connectivity index (χ4v) is 4.53. The number of hydrogen-bond acceptors (Lipinski definition) is 3. The normalized spacial score (nSPS) is 20.3. The van der Waals surface area contributed by atoms with Crippen LogP contribution in [0.4, 0.5) is 0 Å². The summed E-state index contributed by atoms with van der Waals surface area (Å²) in [6.07, 6.45) is 18.4. The number of carboxylic acids is 1. The minimum absolute atomic E-state index is 0.0435. The summed E-state index contributed by atoms with van der Waals surface area (Å²) < 4.78 is 5.97. The monoisotopic (exact) mass is 424 g/mol. The Labute approximate surface area is 185 Å². The second-order valence-electron chi connectivity index (χ2n) is 9.89. The van der Waals surface area contributed by atoms with E-state index in [9.17, 15) is 9.59 Å². The molecule has 1 saturated carbocycles. The third-order valence-corrected chi connectivity index (χ3v) is 6.63. The van der Waals surface area contributed by atoms with E-state index in [4.69, 9.17) is 9.84 Å². The lowest BCUT2D eigenvalue weighted by molar-refractivity contribution is -0.158. The van der Waals surface area contributed by atoms with Crippen molar-refractivity contribution in [2.45, 2.75) is 136 Å². The third-order valence-electron chi connectivity index (χ3n) is 6.63. The van der Waals surface area contributed by atoms with Gasteiger partial charge in [0.2, 0.25) is 0 Å². The van der Waals surface area contributed by atoms with Crippen molar-refractivity contribution < 1.29 is 19.4 Å². The zero-order valence-corrected chi connectivity index (χ0v) is 20.0. The van der Waals surface area contributed by atoms with Crippen LogP contribution >= 0.6 is 0 Å². The van der Waals surface area contributed by atoms with Gasteiger partial charge in [0, 0.05) is 0 Å². The van der Waals surface area contributed by atoms with Crippen LogP contribution < -0.4 is 0 Å². The average Bonchev–Trinajstić information content (AvgIpc) is 2.72. The van der Waals surface area contributed by atoms with Gasteiger partial charge in [-0.3, -0.25) is 9.59 Å². The van der Waals surface area contributed by atoms with Crippen molar-refractivity contribution in [3.05, 3.63) is 0 Å². The topological polar surface area (TPSA) is 63.6 Å². The molecule has 1 atom stereocenters. The lowest BCUT2D eigenvalue weighted by Crippen LogP contribution is -2.29. The minimum atomic E-state index is -0.723. The number of aliphatic carboxylic acids is 1. The van der Waals surface area contributed by atoms with Crippen LogP contribution in [0.1, 0.15) is 130 Å². The van der Waals surface area contributed by atoms with Crippen molar-refractivity contribution in [1.82, 2.24) is 0 Å². The molecule has 0 heterocycles. The molecular weight excluding hydrogens is 376 g/mol. The summed E-state index contributed by atoms with van der Waals surface area (Å²) >= 11 is 0. The highest BCUT2D eigenvalue weighted by atomic mass is 16.5. The van der Waals surface area contributed by atoms with Gasteiger partial charge in [0.25, 0.3) is 0 Å². The van der Waals surface area contributed by atoms with Gasteiger partial charge in [-0.2, -0.15) is 0 Å². The summed E-state index contributed by atoms with van der Waals surface area (Å²) in [5.74, 6) is -0.453. The van der Waals surface area contributed by atoms with Gasteiger partial charge in [0.05, 0.1) is 11.8 Å². The Balaban J connectivity index is 2.35. The molecule has 4 nitrogen and oxygen atoms in total. The van der Waals surface area contributed by atoms with Crippen LogP contribution in [-0.2, 0) is 14.3 Å². The number of carbonyl (C=O) groups is 2. The van der Waals surface area contributed by atoms with Crippen LogP contribution in [0.25, 0.3) is 0 Å². The first-order valence-corrected chi connectivity index (χ1v) is 12.9. The Bertz CT molecular complexity index is 452. The lowest BCUT2D eigenvalue weighted by Gasteiger charge is -2.27. The zero-order chi connectivity index (χ0) is 22.2. The van der Waals surface area contributed by atoms with E-state index in [-0.39, 0.29) is 23.9 Å². The fraction of sp³-hybridized carbons (Fsp3) is 0.923. The summed E-state index contributed by atoms with van der Waals surface area (Å²) in [6, 6.07) is 0. The van der Waals surface area contributed by atoms with Gasteiger partial charge in [-0.15, -0.1) is 0 Å². The van der Waals surface area contributed by atoms with Crippen molar-refractivity contribution in [1.29, 1.82) is 0 Å². The van der Waals surface area contributed by atoms with E-state index in [0.29, 0.717) is 25.7 Å². The first kappa shape index (κ1) is 27.0. The molecule has 1 aliphatic rings. The summed E-state index contributed by atoms with van der Waals surface area (Å²) in [7, 11) is 0. The minimum Gasteiger partial charge on any atom is -0.481 e. The molecule has 0 radical (unpaired) electrons. The van der Waals surface area contributed by atoms with E-state index in [1.165, 1.54) is 57.8 Å². The predicted molar refractivity (Wildman–Crippen MR) is 123 cm³/mol. The second-order valence-corrected chi connectivity index (χ2v) is 9.89. The molecular formula is C26H48O4. The molecule has 0 saturated heterocycles. The molecule has 1 aliphatic carbocycles. The maximum Gasteiger partial charge on any atom is 0.309 e. The van der Waals surface area contributed by atoms with Crippen molar-refractivity contribution in [3.63, 3.8) is 0 Å². The van der Waals surface area contributed by atoms with Crippen LogP contribution in [0.3, 0.4) is 0 Å². The number of carbonyl (C=O) groups excluding carboxylic acids is 1. The molecule has 4 heteroatoms. The molecule has 1 N–H and O–H groups in total. The van der Waals surface area contributed by atoms with E-state index in [1.807, 2.05) is 0 Å². The van der Waals surface area contributed by atoms with Gasteiger partial charge >= 0.3 is 11.9 Å². The van der Waals surface area contributed by atoms with Gasteiger partial charge in [0.1, 0.15) is 6.10 Å². The van der Waals surface area contributed by atoms with Gasteiger partial charge in [0.15, 0.2) is 0 Å². The Kier molecular flexibility index (Phi) is 14.9. The molecule has 30 heavy (non-hydrogen) atoms. The van der Waals surface area contributed by atoms with Crippen LogP contribution in [0.2, 0.25) is 0 Å². The molecule has 176 valence electrons. The smallest absolute Gasteiger partial charge is 0.309 e. The van der Waals surface area contributed by atoms with Crippen molar-refractivity contribution >= 4 is 11.9 Å². The highest BCUT2D eigenvalue weighted by Crippen LogP contribution is 2.30. The molecule has 1 rings (SSSR count). The first-order chi connectivity index (χ1) is 14.4. The summed E-state index contributed by atoms with van der Waals surface area (Å²) in [5, 5.41) is 9.15. The first-order valence-electron chi connectivity index (χ1n) is 12.9. The van der Waals surface area contributed by atoms with Crippen LogP contribution in [-0.4, -0.2) is 23.1 Å². The highest BCUT2D eigenvalue weighted by Gasteiger charge is 2.31. The maximum atomic E-state index is 12.7. The van der Waals surface area contributed by atoms with E-state index in [0.717, 1.165) is 31.6 Å². The average molecular weight is 425 g/mol. The third kappa shape index (κ3) is 12.6. The molecule has 0 amide bonds. The number of ether oxygens (including phenoxy) is 1. The number of carboxylic acid groups (broad SMARTS) is 1. The van der Waals surface area contributed by atoms with Crippen molar-refractivity contribution in [2.75, 3.05) is 0 Å². The molecule has 0 aliphatic heterocycles. The van der Waals surface area contributed by atoms with E-state index >= 15 is 0 Å². The number of unbranched alkanes of at least 4 members (excludes halogenated alkanes) is 8. The fourth-order valence-electron chi connectivity index (χ4n) is 4.53. The van der Waals surface area contributed by atoms with E-state index in [2.05, 4.69) is 20.8 Å². The Morgan fingerprint density at radius 2 is 1.23 bits per heavy atom. The number of rotatable bonds is 17. The van der Waals surface area contributed by atoms with Gasteiger partial charge < -0.3 is 9.84 Å². The standard InChI is InChI=1S/C26H48O4/c1-4-5-6-7-8-9-10-11-15-24(16-13-12-14-21(2)3)30-26(29)23-19-17-22(18-20-23)25(27)28/h21-24H,4-20H2,1-3H3,(H,27,28). The Morgan fingerprint density at radius 3 is 1.77 bits per heavy atom. The predicted octanol–water partition coefficient (Wildman–Crippen LogP) is 7.54. The molecule has 0 aromatic heterocycles. The molecule has 0 bridgehead atoms. The van der Waals surface area contributed by atoms with Gasteiger partial charge in [-0.05, 0) is 57.3 Å². The van der Waals surface area contributed by atoms with Gasteiger partial charge in [-0.1, -0.05) is 78.6 Å². The van der Waals surface area contributed by atoms with Crippen LogP contribution in [0.15, 0.2) is 0 Å². The molecule has 0 aromatic carbocycles. The summed E-state index contributed by atoms with van der Waals surface area (Å²) in [5.41, 5.74) is 0. The van der Waals surface area contributed by atoms with E-state index < -0.39 is 5.97 Å². The zero-order valence-electron chi connectivity index (χ0n) is 20.0. The molecule has 0 aromatic rings. The van der Waals surface area contributed by atoms with Crippen LogP contribution in [0, 0.1) is 17.8 Å². The second kappa shape index (κ2) is 16.6. The summed E-state index contributed by atoms with van der Waals surface area (Å²) in [6.45, 7) is 6.76. The number of hydrogen-bond donors (Lipinski definition) is 1. The maximum absolute atomic E-state index is 12.7. The Morgan fingerprint density at radius 1 is 0.767 bits per heavy atom. The largest absolute Gasteiger partial charge is 0.481 e. The number of esters is 1. The van der Waals surface area contributed by atoms with Crippen LogP contribution in [0.5, 0.6) is 0 Å². The van der Waals surface area contributed by atoms with Crippen molar-refractivity contribution in [3.8, 4) is 0 Å². The SMILES string of the molecule is CCCCCCCCCCC(CCCCC(C)C)OC(=O)C1CCC(C(=O)O)CC1. The van der Waals surface area contributed by atoms with Crippen molar-refractivity contribution in [2.24, 2.45) is 17.8 Å². The van der Waals surface area contributed by atoms with E-state index in [1.54, 1.807) is 0 Å². The lowest BCUT2D eigenvalue weighted by atomic mass is 9.82. The molecule has 1 unspecified atom stereocenters. The Hall–Kier alpha value is -1.06. The molecule has 0 spiro atoms. The quantitative estimate of drug-likeness (QED) is 0.193. The molecule has 1 fully saturated rings. The summed E-state index contributed by atoms with van der Waals surface area (Å²) in [4.78, 5) is 23.8. The van der Waals surface area contributed by atoms with Gasteiger partial charge in [-0.25, -0.2) is 0 Å².